The Bertz CT molecular complexity index is 951. The van der Waals surface area contributed by atoms with Crippen molar-refractivity contribution in [3.63, 3.8) is 0 Å². The Hall–Kier alpha value is -2.09. The van der Waals surface area contributed by atoms with E-state index in [1.54, 1.807) is 24.3 Å². The second-order valence-electron chi connectivity index (χ2n) is 7.33. The molecule has 2 aromatic rings. The van der Waals surface area contributed by atoms with Gasteiger partial charge >= 0.3 is 0 Å². The molecule has 0 saturated carbocycles. The van der Waals surface area contributed by atoms with Crippen LogP contribution in [0.15, 0.2) is 53.4 Å². The molecule has 1 amide bonds. The molecule has 6 nitrogen and oxygen atoms in total. The summed E-state index contributed by atoms with van der Waals surface area (Å²) in [6.45, 7) is 5.32. The Balaban J connectivity index is 0.00000225. The van der Waals surface area contributed by atoms with Gasteiger partial charge in [-0.05, 0) is 54.7 Å². The fraction of sp³-hybridized carbons (Fsp3) is 0.350. The van der Waals surface area contributed by atoms with Crippen molar-refractivity contribution >= 4 is 34.0 Å². The lowest BCUT2D eigenvalue weighted by atomic mass is 10.0. The highest BCUT2D eigenvalue weighted by Gasteiger charge is 2.38. The molecular formula is C20H24ClN3O3S. The first kappa shape index (κ1) is 20.6. The van der Waals surface area contributed by atoms with Gasteiger partial charge in [0.2, 0.25) is 0 Å². The van der Waals surface area contributed by atoms with Crippen molar-refractivity contribution in [1.29, 1.82) is 0 Å². The van der Waals surface area contributed by atoms with Gasteiger partial charge in [0.25, 0.3) is 15.9 Å². The van der Waals surface area contributed by atoms with E-state index in [2.05, 4.69) is 10.0 Å². The highest BCUT2D eigenvalue weighted by atomic mass is 35.5. The highest BCUT2D eigenvalue weighted by molar-refractivity contribution is 7.92. The predicted octanol–water partition coefficient (Wildman–Crippen LogP) is 2.51. The number of para-hydroxylation sites is 1. The molecule has 2 N–H and O–H groups in total. The Labute approximate surface area is 171 Å². The molecule has 0 aromatic heterocycles. The maximum absolute atomic E-state index is 12.7. The van der Waals surface area contributed by atoms with Crippen LogP contribution in [0.25, 0.3) is 0 Å². The number of carbonyl (C=O) groups is 1. The number of aryl methyl sites for hydroxylation is 1. The number of carbonyl (C=O) groups excluding carboxylic acids is 1. The quantitative estimate of drug-likeness (QED) is 0.795. The number of amides is 1. The fourth-order valence-electron chi connectivity index (χ4n) is 3.87. The van der Waals surface area contributed by atoms with Crippen molar-refractivity contribution in [3.8, 4) is 0 Å². The van der Waals surface area contributed by atoms with Crippen LogP contribution in [0.5, 0.6) is 0 Å². The monoisotopic (exact) mass is 421 g/mol. The van der Waals surface area contributed by atoms with Gasteiger partial charge in [-0.25, -0.2) is 8.42 Å². The summed E-state index contributed by atoms with van der Waals surface area (Å²) in [6, 6.07) is 13.4. The summed E-state index contributed by atoms with van der Waals surface area (Å²) in [4.78, 5) is 14.7. The number of benzene rings is 2. The van der Waals surface area contributed by atoms with Crippen LogP contribution in [0.2, 0.25) is 0 Å². The van der Waals surface area contributed by atoms with Gasteiger partial charge in [-0.15, -0.1) is 12.4 Å². The molecular weight excluding hydrogens is 398 g/mol. The minimum absolute atomic E-state index is 0. The number of hydrogen-bond acceptors (Lipinski definition) is 4. The third-order valence-corrected chi connectivity index (χ3v) is 6.86. The van der Waals surface area contributed by atoms with Crippen molar-refractivity contribution in [3.05, 3.63) is 59.7 Å². The molecule has 2 saturated heterocycles. The number of halogens is 1. The first-order valence-corrected chi connectivity index (χ1v) is 10.6. The van der Waals surface area contributed by atoms with Gasteiger partial charge in [-0.1, -0.05) is 18.2 Å². The van der Waals surface area contributed by atoms with E-state index < -0.39 is 10.0 Å². The Kier molecular flexibility index (Phi) is 5.98. The molecule has 2 heterocycles. The molecule has 4 rings (SSSR count). The zero-order chi connectivity index (χ0) is 19.0. The maximum atomic E-state index is 12.7. The topological polar surface area (TPSA) is 78.5 Å². The van der Waals surface area contributed by atoms with Crippen molar-refractivity contribution in [2.24, 2.45) is 11.8 Å². The van der Waals surface area contributed by atoms with Crippen molar-refractivity contribution in [2.45, 2.75) is 11.8 Å². The lowest BCUT2D eigenvalue weighted by Crippen LogP contribution is -2.31. The van der Waals surface area contributed by atoms with Crippen molar-refractivity contribution in [1.82, 2.24) is 10.2 Å². The van der Waals surface area contributed by atoms with E-state index in [1.165, 1.54) is 12.1 Å². The zero-order valence-electron chi connectivity index (χ0n) is 15.6. The van der Waals surface area contributed by atoms with E-state index in [0.717, 1.165) is 31.7 Å². The first-order chi connectivity index (χ1) is 12.9. The Morgan fingerprint density at radius 1 is 1.04 bits per heavy atom. The molecule has 2 atom stereocenters. The molecule has 2 aromatic carbocycles. The van der Waals surface area contributed by atoms with Gasteiger partial charge in [0, 0.05) is 31.7 Å². The predicted molar refractivity (Wildman–Crippen MR) is 111 cm³/mol. The van der Waals surface area contributed by atoms with Crippen molar-refractivity contribution in [2.75, 3.05) is 30.9 Å². The van der Waals surface area contributed by atoms with E-state index in [0.29, 0.717) is 23.1 Å². The van der Waals surface area contributed by atoms with Crippen LogP contribution in [-0.2, 0) is 10.0 Å². The summed E-state index contributed by atoms with van der Waals surface area (Å²) in [5, 5.41) is 3.36. The van der Waals surface area contributed by atoms with Crippen LogP contribution >= 0.6 is 12.4 Å². The lowest BCUT2D eigenvalue weighted by molar-refractivity contribution is 0.0781. The second kappa shape index (κ2) is 8.11. The molecule has 2 fully saturated rings. The summed E-state index contributed by atoms with van der Waals surface area (Å²) in [5.41, 5.74) is 1.93. The number of fused-ring (bicyclic) bond motifs is 1. The summed E-state index contributed by atoms with van der Waals surface area (Å²) in [5.74, 6) is 1.04. The first-order valence-electron chi connectivity index (χ1n) is 9.12. The molecule has 0 radical (unpaired) electrons. The van der Waals surface area contributed by atoms with Gasteiger partial charge < -0.3 is 10.2 Å². The highest BCUT2D eigenvalue weighted by Crippen LogP contribution is 2.27. The number of hydrogen-bond donors (Lipinski definition) is 2. The third-order valence-electron chi connectivity index (χ3n) is 5.48. The van der Waals surface area contributed by atoms with E-state index in [1.807, 2.05) is 24.0 Å². The number of nitrogens with one attached hydrogen (secondary N) is 2. The normalized spacial score (nSPS) is 21.1. The molecule has 150 valence electrons. The lowest BCUT2D eigenvalue weighted by Gasteiger charge is -2.18. The number of rotatable bonds is 4. The molecule has 0 unspecified atom stereocenters. The molecule has 0 aliphatic carbocycles. The van der Waals surface area contributed by atoms with Crippen LogP contribution in [0.4, 0.5) is 5.69 Å². The molecule has 2 aliphatic rings. The van der Waals surface area contributed by atoms with Gasteiger partial charge in [0.05, 0.1) is 10.6 Å². The van der Waals surface area contributed by atoms with E-state index >= 15 is 0 Å². The van der Waals surface area contributed by atoms with E-state index in [-0.39, 0.29) is 23.2 Å². The summed E-state index contributed by atoms with van der Waals surface area (Å²) in [7, 11) is -3.69. The van der Waals surface area contributed by atoms with Crippen molar-refractivity contribution < 1.29 is 13.2 Å². The summed E-state index contributed by atoms with van der Waals surface area (Å²) in [6.07, 6.45) is 0. The fourth-order valence-corrected chi connectivity index (χ4v) is 5.00. The van der Waals surface area contributed by atoms with Crippen LogP contribution in [0.1, 0.15) is 15.9 Å². The average Bonchev–Trinajstić information content (AvgIpc) is 3.25. The summed E-state index contributed by atoms with van der Waals surface area (Å²) < 4.78 is 27.8. The molecule has 8 heteroatoms. The Morgan fingerprint density at radius 2 is 1.64 bits per heavy atom. The van der Waals surface area contributed by atoms with E-state index in [9.17, 15) is 13.2 Å². The standard InChI is InChI=1S/C20H23N3O3S.ClH/c1-14-4-2-3-5-19(14)22-27(25,26)18-8-6-15(7-9-18)20(24)23-12-16-10-21-11-17(16)13-23;/h2-9,16-17,21-22H,10-13H2,1H3;1H/t16-,17+;. The second-order valence-corrected chi connectivity index (χ2v) is 9.02. The number of sulfonamides is 1. The van der Waals surface area contributed by atoms with Gasteiger partial charge in [0.1, 0.15) is 0 Å². The molecule has 2 aliphatic heterocycles. The third kappa shape index (κ3) is 4.01. The zero-order valence-corrected chi connectivity index (χ0v) is 17.2. The van der Waals surface area contributed by atoms with Crippen LogP contribution in [0, 0.1) is 18.8 Å². The largest absolute Gasteiger partial charge is 0.338 e. The molecule has 0 bridgehead atoms. The van der Waals surface area contributed by atoms with Gasteiger partial charge in [-0.3, -0.25) is 9.52 Å². The summed E-state index contributed by atoms with van der Waals surface area (Å²) >= 11 is 0. The SMILES string of the molecule is Cc1ccccc1NS(=O)(=O)c1ccc(C(=O)N2C[C@H]3CNC[C@H]3C2)cc1.Cl. The minimum atomic E-state index is -3.69. The van der Waals surface area contributed by atoms with Crippen LogP contribution < -0.4 is 10.0 Å². The van der Waals surface area contributed by atoms with Crippen LogP contribution in [-0.4, -0.2) is 45.4 Å². The number of anilines is 1. The molecule has 28 heavy (non-hydrogen) atoms. The smallest absolute Gasteiger partial charge is 0.261 e. The number of nitrogens with zero attached hydrogens (tertiary/aromatic N) is 1. The van der Waals surface area contributed by atoms with Gasteiger partial charge in [-0.2, -0.15) is 0 Å². The van der Waals surface area contributed by atoms with Crippen LogP contribution in [0.3, 0.4) is 0 Å². The number of likely N-dealkylation sites (tertiary alicyclic amines) is 1. The minimum Gasteiger partial charge on any atom is -0.338 e. The average molecular weight is 422 g/mol. The molecule has 0 spiro atoms. The van der Waals surface area contributed by atoms with Gasteiger partial charge in [0.15, 0.2) is 0 Å². The van der Waals surface area contributed by atoms with E-state index in [4.69, 9.17) is 0 Å². The Morgan fingerprint density at radius 3 is 2.25 bits per heavy atom. The maximum Gasteiger partial charge on any atom is 0.261 e.